The molecule has 2 aromatic rings. The van der Waals surface area contributed by atoms with Gasteiger partial charge in [-0.1, -0.05) is 38.1 Å². The fraction of sp³-hybridized carbons (Fsp3) is 0.350. The molecule has 0 aliphatic carbocycles. The number of nitrogens with two attached hydrogens (primary N) is 1. The van der Waals surface area contributed by atoms with Gasteiger partial charge >= 0.3 is 0 Å². The van der Waals surface area contributed by atoms with Crippen molar-refractivity contribution in [3.05, 3.63) is 64.7 Å². The van der Waals surface area contributed by atoms with Gasteiger partial charge in [-0.2, -0.15) is 0 Å². The zero-order valence-electron chi connectivity index (χ0n) is 15.3. The monoisotopic (exact) mass is 361 g/mol. The van der Waals surface area contributed by atoms with Crippen LogP contribution in [0.5, 0.6) is 0 Å². The molecule has 0 saturated carbocycles. The molecule has 1 atom stereocenters. The molecule has 4 nitrogen and oxygen atoms in total. The van der Waals surface area contributed by atoms with Crippen molar-refractivity contribution < 1.29 is 13.9 Å². The highest BCUT2D eigenvalue weighted by Crippen LogP contribution is 2.25. The molecular weight excluding hydrogens is 336 g/mol. The molecule has 0 fully saturated rings. The van der Waals surface area contributed by atoms with Crippen LogP contribution < -0.4 is 11.1 Å². The molecule has 0 bridgehead atoms. The van der Waals surface area contributed by atoms with Gasteiger partial charge in [-0.25, -0.2) is 13.8 Å². The van der Waals surface area contributed by atoms with Gasteiger partial charge in [-0.15, -0.1) is 0 Å². The van der Waals surface area contributed by atoms with E-state index in [4.69, 9.17) is 5.73 Å². The lowest BCUT2D eigenvalue weighted by molar-refractivity contribution is 0.0634. The lowest BCUT2D eigenvalue weighted by atomic mass is 9.95. The van der Waals surface area contributed by atoms with Crippen molar-refractivity contribution in [2.45, 2.75) is 39.2 Å². The number of hydrogen-bond acceptors (Lipinski definition) is 2. The van der Waals surface area contributed by atoms with Crippen LogP contribution in [0.2, 0.25) is 0 Å². The fourth-order valence-corrected chi connectivity index (χ4v) is 2.82. The highest BCUT2D eigenvalue weighted by atomic mass is 19.1. The first-order valence-corrected chi connectivity index (χ1v) is 8.64. The normalized spacial score (nSPS) is 14.2. The Balaban J connectivity index is 2.20. The Morgan fingerprint density at radius 1 is 1.15 bits per heavy atom. The molecule has 0 aliphatic rings. The molecule has 26 heavy (non-hydrogen) atoms. The Hall–Kier alpha value is -2.47. The van der Waals surface area contributed by atoms with E-state index in [2.05, 4.69) is 24.2 Å². The molecule has 0 saturated heterocycles. The largest absolute Gasteiger partial charge is 0.383 e. The number of hydrogen-bond donors (Lipinski definition) is 3. The second-order valence-corrected chi connectivity index (χ2v) is 6.38. The van der Waals surface area contributed by atoms with Crippen LogP contribution >= 0.6 is 0 Å². The number of rotatable bonds is 6. The second kappa shape index (κ2) is 8.27. The number of benzene rings is 2. The Kier molecular flexibility index (Phi) is 6.32. The summed E-state index contributed by atoms with van der Waals surface area (Å²) in [6, 6.07) is 9.07. The Morgan fingerprint density at radius 3 is 2.31 bits per heavy atom. The van der Waals surface area contributed by atoms with Crippen LogP contribution in [0, 0.1) is 11.6 Å². The topological polar surface area (TPSA) is 70.6 Å². The number of aliphatic hydroxyl groups is 1. The second-order valence-electron chi connectivity index (χ2n) is 6.38. The zero-order valence-corrected chi connectivity index (χ0v) is 15.3. The van der Waals surface area contributed by atoms with E-state index in [0.29, 0.717) is 0 Å². The van der Waals surface area contributed by atoms with Gasteiger partial charge in [0.15, 0.2) is 5.96 Å². The van der Waals surface area contributed by atoms with Crippen molar-refractivity contribution in [3.8, 4) is 0 Å². The van der Waals surface area contributed by atoms with Gasteiger partial charge in [-0.05, 0) is 37.0 Å². The number of nitrogens with one attached hydrogen (secondary N) is 1. The minimum Gasteiger partial charge on any atom is -0.383 e. The van der Waals surface area contributed by atoms with Crippen molar-refractivity contribution in [2.75, 3.05) is 11.9 Å². The smallest absolute Gasteiger partial charge is 0.193 e. The van der Waals surface area contributed by atoms with Crippen LogP contribution in [-0.4, -0.2) is 17.6 Å². The highest BCUT2D eigenvalue weighted by molar-refractivity contribution is 5.93. The summed E-state index contributed by atoms with van der Waals surface area (Å²) in [4.78, 5) is 4.15. The molecule has 0 radical (unpaired) electrons. The first-order chi connectivity index (χ1) is 12.3. The number of para-hydroxylation sites is 1. The molecule has 0 spiro atoms. The highest BCUT2D eigenvalue weighted by Gasteiger charge is 2.26. The van der Waals surface area contributed by atoms with Gasteiger partial charge in [0.05, 0.1) is 6.54 Å². The van der Waals surface area contributed by atoms with Gasteiger partial charge in [0.2, 0.25) is 0 Å². The molecule has 0 aromatic heterocycles. The van der Waals surface area contributed by atoms with Crippen molar-refractivity contribution in [3.63, 3.8) is 0 Å². The zero-order chi connectivity index (χ0) is 19.3. The molecule has 140 valence electrons. The van der Waals surface area contributed by atoms with Crippen LogP contribution in [0.15, 0.2) is 41.4 Å². The molecule has 0 aliphatic heterocycles. The van der Waals surface area contributed by atoms with Gasteiger partial charge in [0.1, 0.15) is 17.2 Å². The summed E-state index contributed by atoms with van der Waals surface area (Å²) in [5, 5.41) is 13.6. The third-order valence-corrected chi connectivity index (χ3v) is 4.32. The van der Waals surface area contributed by atoms with Crippen LogP contribution in [0.1, 0.15) is 37.5 Å². The Bertz CT molecular complexity index is 781. The average molecular weight is 361 g/mol. The average Bonchev–Trinajstić information content (AvgIpc) is 2.60. The van der Waals surface area contributed by atoms with E-state index in [1.54, 1.807) is 0 Å². The predicted molar refractivity (Wildman–Crippen MR) is 101 cm³/mol. The SMILES string of the molecule is CCc1cccc(CC)c1NC(N)=NCC(C)(O)c1ccc(F)cc1F. The Morgan fingerprint density at radius 2 is 1.77 bits per heavy atom. The summed E-state index contributed by atoms with van der Waals surface area (Å²) < 4.78 is 27.0. The lowest BCUT2D eigenvalue weighted by Gasteiger charge is -2.23. The van der Waals surface area contributed by atoms with Crippen molar-refractivity contribution in [2.24, 2.45) is 10.7 Å². The van der Waals surface area contributed by atoms with E-state index in [1.165, 1.54) is 13.0 Å². The number of aryl methyl sites for hydroxylation is 2. The summed E-state index contributed by atoms with van der Waals surface area (Å²) in [6.45, 7) is 5.35. The summed E-state index contributed by atoms with van der Waals surface area (Å²) in [6.07, 6.45) is 1.67. The standard InChI is InChI=1S/C20H25F2N3O/c1-4-13-7-6-8-14(5-2)18(13)25-19(23)24-12-20(3,26)16-10-9-15(21)11-17(16)22/h6-11,26H,4-5,12H2,1-3H3,(H3,23,24,25). The molecule has 4 N–H and O–H groups in total. The molecule has 2 aromatic carbocycles. The fourth-order valence-electron chi connectivity index (χ4n) is 2.82. The van der Waals surface area contributed by atoms with E-state index in [0.717, 1.165) is 41.8 Å². The molecule has 2 rings (SSSR count). The quantitative estimate of drug-likeness (QED) is 0.542. The third kappa shape index (κ3) is 4.58. The maximum absolute atomic E-state index is 13.9. The summed E-state index contributed by atoms with van der Waals surface area (Å²) in [7, 11) is 0. The van der Waals surface area contributed by atoms with Gasteiger partial charge < -0.3 is 16.2 Å². The van der Waals surface area contributed by atoms with E-state index in [1.807, 2.05) is 18.2 Å². The maximum Gasteiger partial charge on any atom is 0.193 e. The van der Waals surface area contributed by atoms with E-state index < -0.39 is 17.2 Å². The Labute approximate surface area is 152 Å². The van der Waals surface area contributed by atoms with Crippen LogP contribution in [0.25, 0.3) is 0 Å². The molecule has 0 amide bonds. The number of anilines is 1. The van der Waals surface area contributed by atoms with Crippen molar-refractivity contribution >= 4 is 11.6 Å². The maximum atomic E-state index is 13.9. The summed E-state index contributed by atoms with van der Waals surface area (Å²) in [5.74, 6) is -1.39. The van der Waals surface area contributed by atoms with E-state index >= 15 is 0 Å². The minimum atomic E-state index is -1.61. The molecule has 1 unspecified atom stereocenters. The van der Waals surface area contributed by atoms with Crippen molar-refractivity contribution in [1.29, 1.82) is 0 Å². The summed E-state index contributed by atoms with van der Waals surface area (Å²) in [5.41, 5.74) is 7.46. The van der Waals surface area contributed by atoms with Gasteiger partial charge in [0.25, 0.3) is 0 Å². The van der Waals surface area contributed by atoms with Crippen molar-refractivity contribution in [1.82, 2.24) is 0 Å². The molecule has 0 heterocycles. The summed E-state index contributed by atoms with van der Waals surface area (Å²) >= 11 is 0. The molecule has 6 heteroatoms. The predicted octanol–water partition coefficient (Wildman–Crippen LogP) is 3.72. The first kappa shape index (κ1) is 19.8. The third-order valence-electron chi connectivity index (χ3n) is 4.32. The van der Waals surface area contributed by atoms with Gasteiger partial charge in [0, 0.05) is 17.3 Å². The number of aliphatic imine (C=N–C) groups is 1. The number of guanidine groups is 1. The van der Waals surface area contributed by atoms with Crippen LogP contribution in [0.3, 0.4) is 0 Å². The molecular formula is C20H25F2N3O. The first-order valence-electron chi connectivity index (χ1n) is 8.64. The number of nitrogens with zero attached hydrogens (tertiary/aromatic N) is 1. The number of halogens is 2. The minimum absolute atomic E-state index is 0.0290. The lowest BCUT2D eigenvalue weighted by Crippen LogP contribution is -2.31. The van der Waals surface area contributed by atoms with E-state index in [9.17, 15) is 13.9 Å². The van der Waals surface area contributed by atoms with Gasteiger partial charge in [-0.3, -0.25) is 0 Å². The van der Waals surface area contributed by atoms with E-state index in [-0.39, 0.29) is 18.1 Å². The van der Waals surface area contributed by atoms with Crippen LogP contribution in [0.4, 0.5) is 14.5 Å². The van der Waals surface area contributed by atoms with Crippen LogP contribution in [-0.2, 0) is 18.4 Å².